The van der Waals surface area contributed by atoms with Crippen LogP contribution in [0.4, 0.5) is 0 Å². The Morgan fingerprint density at radius 2 is 1.79 bits per heavy atom. The number of pyridine rings is 1. The topological polar surface area (TPSA) is 61.5 Å². The molecule has 0 aliphatic heterocycles. The molecule has 0 aromatic carbocycles. The Morgan fingerprint density at radius 1 is 1.14 bits per heavy atom. The van der Waals surface area contributed by atoms with E-state index in [1.54, 1.807) is 18.3 Å². The number of nitrogens with zero attached hydrogens (tertiary/aromatic N) is 1. The first-order valence-electron chi connectivity index (χ1n) is 4.89. The van der Waals surface area contributed by atoms with Crippen molar-refractivity contribution in [2.24, 2.45) is 0 Å². The molecule has 4 heteroatoms. The second-order valence-corrected chi connectivity index (χ2v) is 1.98. The van der Waals surface area contributed by atoms with Gasteiger partial charge < -0.3 is 4.98 Å². The van der Waals surface area contributed by atoms with Gasteiger partial charge in [-0.1, -0.05) is 27.7 Å². The standard InChI is InChI=1S/C6H5N3O.2C2H6/c10-6-8-4-2-1-3-7-5(4)9-6;2*1-2/h1-3H,(H2,7,8,9,10);2*1-2H3. The number of rotatable bonds is 0. The third-order valence-corrected chi connectivity index (χ3v) is 1.29. The van der Waals surface area contributed by atoms with Gasteiger partial charge in [-0.25, -0.2) is 9.78 Å². The van der Waals surface area contributed by atoms with Gasteiger partial charge in [-0.3, -0.25) is 4.98 Å². The van der Waals surface area contributed by atoms with E-state index in [2.05, 4.69) is 15.0 Å². The van der Waals surface area contributed by atoms with E-state index in [1.807, 2.05) is 27.7 Å². The number of aromatic nitrogens is 3. The van der Waals surface area contributed by atoms with Crippen LogP contribution in [0.1, 0.15) is 27.7 Å². The van der Waals surface area contributed by atoms with Crippen LogP contribution in [0.15, 0.2) is 23.1 Å². The van der Waals surface area contributed by atoms with Crippen LogP contribution in [-0.4, -0.2) is 15.0 Å². The smallest absolute Gasteiger partial charge is 0.304 e. The van der Waals surface area contributed by atoms with Gasteiger partial charge in [-0.15, -0.1) is 0 Å². The summed E-state index contributed by atoms with van der Waals surface area (Å²) >= 11 is 0. The third kappa shape index (κ3) is 3.05. The average molecular weight is 195 g/mol. The summed E-state index contributed by atoms with van der Waals surface area (Å²) in [6.07, 6.45) is 1.63. The summed E-state index contributed by atoms with van der Waals surface area (Å²) in [5.41, 5.74) is 1.13. The van der Waals surface area contributed by atoms with Crippen LogP contribution in [0.2, 0.25) is 0 Å². The normalized spacial score (nSPS) is 8.29. The molecule has 0 fully saturated rings. The summed E-state index contributed by atoms with van der Waals surface area (Å²) in [7, 11) is 0. The second-order valence-electron chi connectivity index (χ2n) is 1.98. The molecule has 0 aliphatic rings. The zero-order chi connectivity index (χ0) is 11.0. The van der Waals surface area contributed by atoms with Gasteiger partial charge in [0.15, 0.2) is 5.65 Å². The van der Waals surface area contributed by atoms with E-state index in [1.165, 1.54) is 0 Å². The molecule has 2 aromatic rings. The van der Waals surface area contributed by atoms with Crippen molar-refractivity contribution in [3.63, 3.8) is 0 Å². The second kappa shape index (κ2) is 6.88. The first-order valence-corrected chi connectivity index (χ1v) is 4.89. The largest absolute Gasteiger partial charge is 0.325 e. The lowest BCUT2D eigenvalue weighted by Crippen LogP contribution is -1.99. The fourth-order valence-electron chi connectivity index (χ4n) is 0.867. The molecule has 0 radical (unpaired) electrons. The Hall–Kier alpha value is -1.58. The lowest BCUT2D eigenvalue weighted by molar-refractivity contribution is 1.20. The molecule has 0 saturated carbocycles. The van der Waals surface area contributed by atoms with E-state index in [0.29, 0.717) is 5.65 Å². The molecule has 78 valence electrons. The van der Waals surface area contributed by atoms with E-state index in [0.717, 1.165) is 5.52 Å². The molecule has 0 bridgehead atoms. The van der Waals surface area contributed by atoms with Gasteiger partial charge in [0.05, 0.1) is 5.52 Å². The van der Waals surface area contributed by atoms with Crippen molar-refractivity contribution < 1.29 is 0 Å². The third-order valence-electron chi connectivity index (χ3n) is 1.29. The Kier molecular flexibility index (Phi) is 6.11. The fourth-order valence-corrected chi connectivity index (χ4v) is 0.867. The minimum absolute atomic E-state index is 0.214. The lowest BCUT2D eigenvalue weighted by Gasteiger charge is -1.81. The molecule has 2 heterocycles. The van der Waals surface area contributed by atoms with E-state index in [9.17, 15) is 4.79 Å². The first-order chi connectivity index (χ1) is 6.86. The molecule has 4 nitrogen and oxygen atoms in total. The van der Waals surface area contributed by atoms with Gasteiger partial charge in [0.2, 0.25) is 0 Å². The van der Waals surface area contributed by atoms with Gasteiger partial charge >= 0.3 is 5.69 Å². The van der Waals surface area contributed by atoms with Crippen molar-refractivity contribution in [1.29, 1.82) is 0 Å². The van der Waals surface area contributed by atoms with Crippen LogP contribution in [-0.2, 0) is 0 Å². The molecule has 0 amide bonds. The molecular weight excluding hydrogens is 178 g/mol. The van der Waals surface area contributed by atoms with Crippen LogP contribution < -0.4 is 5.69 Å². The highest BCUT2D eigenvalue weighted by molar-refractivity contribution is 5.68. The monoisotopic (exact) mass is 195 g/mol. The summed E-state index contributed by atoms with van der Waals surface area (Å²) in [5.74, 6) is 0. The van der Waals surface area contributed by atoms with Gasteiger partial charge in [-0.2, -0.15) is 0 Å². The molecule has 2 aromatic heterocycles. The van der Waals surface area contributed by atoms with Crippen molar-refractivity contribution in [2.45, 2.75) is 27.7 Å². The molecule has 0 aliphatic carbocycles. The predicted octanol–water partition coefficient (Wildman–Crippen LogP) is 2.30. The average Bonchev–Trinajstić information content (AvgIpc) is 2.64. The number of imidazole rings is 1. The van der Waals surface area contributed by atoms with Gasteiger partial charge in [0, 0.05) is 6.20 Å². The van der Waals surface area contributed by atoms with Gasteiger partial charge in [0.25, 0.3) is 0 Å². The highest BCUT2D eigenvalue weighted by Crippen LogP contribution is 1.98. The number of fused-ring (bicyclic) bond motifs is 1. The first kappa shape index (κ1) is 12.4. The zero-order valence-corrected chi connectivity index (χ0v) is 9.09. The number of aromatic amines is 2. The minimum atomic E-state index is -0.214. The van der Waals surface area contributed by atoms with Crippen LogP contribution in [0, 0.1) is 0 Å². The molecule has 0 saturated heterocycles. The lowest BCUT2D eigenvalue weighted by atomic mass is 10.4. The Bertz CT molecular complexity index is 367. The highest BCUT2D eigenvalue weighted by Gasteiger charge is 1.93. The highest BCUT2D eigenvalue weighted by atomic mass is 16.1. The molecule has 2 N–H and O–H groups in total. The SMILES string of the molecule is CC.CC.O=c1[nH]c2cccnc2[nH]1. The Labute approximate surface area is 83.4 Å². The quantitative estimate of drug-likeness (QED) is 0.677. The van der Waals surface area contributed by atoms with E-state index < -0.39 is 0 Å². The number of hydrogen-bond donors (Lipinski definition) is 2. The van der Waals surface area contributed by atoms with Crippen molar-refractivity contribution in [3.8, 4) is 0 Å². The van der Waals surface area contributed by atoms with Crippen LogP contribution >= 0.6 is 0 Å². The van der Waals surface area contributed by atoms with Crippen molar-refractivity contribution in [1.82, 2.24) is 15.0 Å². The number of hydrogen-bond acceptors (Lipinski definition) is 2. The summed E-state index contributed by atoms with van der Waals surface area (Å²) < 4.78 is 0. The summed E-state index contributed by atoms with van der Waals surface area (Å²) in [6.45, 7) is 8.00. The van der Waals surface area contributed by atoms with Crippen molar-refractivity contribution in [3.05, 3.63) is 28.8 Å². The van der Waals surface area contributed by atoms with Crippen LogP contribution in [0.3, 0.4) is 0 Å². The Balaban J connectivity index is 0.000000379. The summed E-state index contributed by atoms with van der Waals surface area (Å²) in [5, 5.41) is 0. The molecule has 14 heavy (non-hydrogen) atoms. The van der Waals surface area contributed by atoms with Crippen molar-refractivity contribution >= 4 is 11.2 Å². The predicted molar refractivity (Wildman–Crippen MR) is 59.4 cm³/mol. The van der Waals surface area contributed by atoms with E-state index >= 15 is 0 Å². The van der Waals surface area contributed by atoms with E-state index in [4.69, 9.17) is 0 Å². The molecule has 0 unspecified atom stereocenters. The number of nitrogens with one attached hydrogen (secondary N) is 2. The molecular formula is C10H17N3O. The van der Waals surface area contributed by atoms with Crippen LogP contribution in [0.5, 0.6) is 0 Å². The van der Waals surface area contributed by atoms with Gasteiger partial charge in [-0.05, 0) is 12.1 Å². The number of H-pyrrole nitrogens is 2. The summed E-state index contributed by atoms with van der Waals surface area (Å²) in [4.78, 5) is 19.7. The van der Waals surface area contributed by atoms with Crippen molar-refractivity contribution in [2.75, 3.05) is 0 Å². The Morgan fingerprint density at radius 3 is 2.36 bits per heavy atom. The maximum Gasteiger partial charge on any atom is 0.325 e. The summed E-state index contributed by atoms with van der Waals surface area (Å²) in [6, 6.07) is 3.56. The van der Waals surface area contributed by atoms with Crippen LogP contribution in [0.25, 0.3) is 11.2 Å². The van der Waals surface area contributed by atoms with Gasteiger partial charge in [0.1, 0.15) is 0 Å². The fraction of sp³-hybridized carbons (Fsp3) is 0.400. The minimum Gasteiger partial charge on any atom is -0.304 e. The maximum atomic E-state index is 10.6. The molecule has 2 rings (SSSR count). The zero-order valence-electron chi connectivity index (χ0n) is 9.09. The van der Waals surface area contributed by atoms with E-state index in [-0.39, 0.29) is 5.69 Å². The molecule has 0 spiro atoms. The molecule has 0 atom stereocenters. The maximum absolute atomic E-state index is 10.6.